The first-order valence-corrected chi connectivity index (χ1v) is 9.07. The Balaban J connectivity index is 2.04. The molecule has 168 valence electrons. The first-order chi connectivity index (χ1) is 15.1. The number of nitro benzene ring substituents is 1. The molecule has 0 aliphatic carbocycles. The number of methoxy groups -OCH3 is 2. The molecule has 0 fully saturated rings. The third-order valence-electron chi connectivity index (χ3n) is 4.31. The third kappa shape index (κ3) is 4.44. The Morgan fingerprint density at radius 1 is 1.16 bits per heavy atom. The van der Waals surface area contributed by atoms with Crippen molar-refractivity contribution in [2.75, 3.05) is 19.5 Å². The van der Waals surface area contributed by atoms with Crippen molar-refractivity contribution < 1.29 is 32.4 Å². The molecule has 3 aromatic rings. The summed E-state index contributed by atoms with van der Waals surface area (Å²) in [6.07, 6.45) is -4.22. The maximum atomic E-state index is 13.8. The Kier molecular flexibility index (Phi) is 6.25. The Hall–Kier alpha value is -3.80. The van der Waals surface area contributed by atoms with E-state index < -0.39 is 28.3 Å². The predicted molar refractivity (Wildman–Crippen MR) is 108 cm³/mol. The topological polar surface area (TPSA) is 109 Å². The largest absolute Gasteiger partial charge is 0.495 e. The number of carbonyl (C=O) groups is 1. The van der Waals surface area contributed by atoms with Crippen molar-refractivity contribution >= 4 is 28.9 Å². The fraction of sp³-hybridized carbons (Fsp3) is 0.158. The van der Waals surface area contributed by atoms with Gasteiger partial charge >= 0.3 is 6.18 Å². The van der Waals surface area contributed by atoms with Crippen LogP contribution in [0.25, 0.3) is 5.69 Å². The number of amides is 1. The number of hydrogen-bond acceptors (Lipinski definition) is 6. The van der Waals surface area contributed by atoms with Crippen LogP contribution in [-0.4, -0.2) is 34.8 Å². The maximum Gasteiger partial charge on any atom is 0.434 e. The van der Waals surface area contributed by atoms with Crippen molar-refractivity contribution in [3.63, 3.8) is 0 Å². The molecule has 1 aromatic heterocycles. The molecular formula is C19H14ClF3N4O5. The number of nitrogens with zero attached hydrogens (tertiary/aromatic N) is 3. The lowest BCUT2D eigenvalue weighted by Gasteiger charge is -2.15. The number of benzene rings is 2. The van der Waals surface area contributed by atoms with E-state index in [4.69, 9.17) is 21.1 Å². The molecule has 1 heterocycles. The number of non-ortho nitro benzene ring substituents is 1. The predicted octanol–water partition coefficient (Wildman–Crippen LogP) is 4.72. The standard InChI is InChI=1S/C19H14ClF3N4O5/c1-31-15-8-14(16(32-2)7-13(15)20)25-18(28)12-9-24-26(17(12)19(21,22)23)10-3-5-11(6-4-10)27(29)30/h3-9H,1-2H3,(H,25,28). The molecule has 0 aliphatic heterocycles. The average Bonchev–Trinajstić information content (AvgIpc) is 3.20. The molecule has 9 nitrogen and oxygen atoms in total. The smallest absolute Gasteiger partial charge is 0.434 e. The van der Waals surface area contributed by atoms with Gasteiger partial charge in [-0.25, -0.2) is 4.68 Å². The lowest BCUT2D eigenvalue weighted by Crippen LogP contribution is -2.21. The second-order valence-electron chi connectivity index (χ2n) is 6.23. The van der Waals surface area contributed by atoms with Crippen LogP contribution in [0.15, 0.2) is 42.6 Å². The van der Waals surface area contributed by atoms with E-state index in [1.165, 1.54) is 26.4 Å². The molecule has 0 atom stereocenters. The van der Waals surface area contributed by atoms with Gasteiger partial charge in [0.15, 0.2) is 5.69 Å². The molecule has 32 heavy (non-hydrogen) atoms. The molecule has 0 aliphatic rings. The van der Waals surface area contributed by atoms with E-state index >= 15 is 0 Å². The summed E-state index contributed by atoms with van der Waals surface area (Å²) in [6.45, 7) is 0. The number of ether oxygens (including phenoxy) is 2. The van der Waals surface area contributed by atoms with Crippen LogP contribution in [0.5, 0.6) is 11.5 Å². The second-order valence-corrected chi connectivity index (χ2v) is 6.64. The molecule has 13 heteroatoms. The van der Waals surface area contributed by atoms with Gasteiger partial charge in [-0.15, -0.1) is 0 Å². The van der Waals surface area contributed by atoms with Crippen molar-refractivity contribution in [3.05, 3.63) is 69.0 Å². The van der Waals surface area contributed by atoms with Crippen LogP contribution in [0.2, 0.25) is 5.02 Å². The number of carbonyl (C=O) groups excluding carboxylic acids is 1. The van der Waals surface area contributed by atoms with Crippen molar-refractivity contribution in [3.8, 4) is 17.2 Å². The molecule has 2 aromatic carbocycles. The van der Waals surface area contributed by atoms with Crippen molar-refractivity contribution in [1.29, 1.82) is 0 Å². The molecule has 0 saturated heterocycles. The van der Waals surface area contributed by atoms with Crippen LogP contribution < -0.4 is 14.8 Å². The van der Waals surface area contributed by atoms with E-state index in [-0.39, 0.29) is 33.6 Å². The SMILES string of the molecule is COc1cc(NC(=O)c2cnn(-c3ccc([N+](=O)[O-])cc3)c2C(F)(F)F)c(OC)cc1Cl. The zero-order valence-corrected chi connectivity index (χ0v) is 17.2. The number of rotatable bonds is 6. The van der Waals surface area contributed by atoms with Crippen molar-refractivity contribution in [2.45, 2.75) is 6.18 Å². The Labute approximate surface area is 183 Å². The second kappa shape index (κ2) is 8.75. The van der Waals surface area contributed by atoms with Crippen molar-refractivity contribution in [2.24, 2.45) is 0 Å². The van der Waals surface area contributed by atoms with Crippen LogP contribution in [0, 0.1) is 10.1 Å². The quantitative estimate of drug-likeness (QED) is 0.412. The fourth-order valence-corrected chi connectivity index (χ4v) is 3.08. The van der Waals surface area contributed by atoms with Gasteiger partial charge in [0.1, 0.15) is 11.5 Å². The summed E-state index contributed by atoms with van der Waals surface area (Å²) < 4.78 is 52.2. The lowest BCUT2D eigenvalue weighted by molar-refractivity contribution is -0.384. The van der Waals surface area contributed by atoms with Gasteiger partial charge in [0, 0.05) is 24.3 Å². The van der Waals surface area contributed by atoms with Gasteiger partial charge in [0.25, 0.3) is 11.6 Å². The van der Waals surface area contributed by atoms with Crippen LogP contribution >= 0.6 is 11.6 Å². The van der Waals surface area contributed by atoms with Crippen molar-refractivity contribution in [1.82, 2.24) is 9.78 Å². The summed E-state index contributed by atoms with van der Waals surface area (Å²) in [5.41, 5.74) is -2.53. The number of anilines is 1. The summed E-state index contributed by atoms with van der Waals surface area (Å²) in [5, 5.41) is 17.0. The van der Waals surface area contributed by atoms with Crippen LogP contribution in [0.4, 0.5) is 24.5 Å². The first-order valence-electron chi connectivity index (χ1n) is 8.69. The van der Waals surface area contributed by atoms with E-state index in [0.717, 1.165) is 30.5 Å². The first kappa shape index (κ1) is 22.9. The number of aromatic nitrogens is 2. The minimum absolute atomic E-state index is 0.0231. The highest BCUT2D eigenvalue weighted by molar-refractivity contribution is 6.32. The van der Waals surface area contributed by atoms with Gasteiger partial charge in [-0.1, -0.05) is 11.6 Å². The van der Waals surface area contributed by atoms with E-state index in [2.05, 4.69) is 10.4 Å². The monoisotopic (exact) mass is 470 g/mol. The summed E-state index contributed by atoms with van der Waals surface area (Å²) in [7, 11) is 2.62. The van der Waals surface area contributed by atoms with Gasteiger partial charge in [0.05, 0.1) is 47.3 Å². The van der Waals surface area contributed by atoms with E-state index in [0.29, 0.717) is 4.68 Å². The minimum Gasteiger partial charge on any atom is -0.495 e. The molecule has 0 unspecified atom stereocenters. The molecule has 0 spiro atoms. The van der Waals surface area contributed by atoms with E-state index in [1.807, 2.05) is 0 Å². The fourth-order valence-electron chi connectivity index (χ4n) is 2.85. The summed E-state index contributed by atoms with van der Waals surface area (Å²) in [6, 6.07) is 6.88. The minimum atomic E-state index is -4.97. The zero-order chi connectivity index (χ0) is 23.6. The highest BCUT2D eigenvalue weighted by Gasteiger charge is 2.40. The maximum absolute atomic E-state index is 13.8. The van der Waals surface area contributed by atoms with Crippen LogP contribution in [0.3, 0.4) is 0 Å². The molecule has 0 saturated carbocycles. The lowest BCUT2D eigenvalue weighted by atomic mass is 10.2. The Morgan fingerprint density at radius 3 is 2.31 bits per heavy atom. The zero-order valence-electron chi connectivity index (χ0n) is 16.4. The summed E-state index contributed by atoms with van der Waals surface area (Å²) >= 11 is 6.00. The highest BCUT2D eigenvalue weighted by Crippen LogP contribution is 2.38. The van der Waals surface area contributed by atoms with Gasteiger partial charge in [0.2, 0.25) is 0 Å². The van der Waals surface area contributed by atoms with Gasteiger partial charge in [-0.2, -0.15) is 18.3 Å². The molecule has 1 N–H and O–H groups in total. The number of alkyl halides is 3. The Bertz CT molecular complexity index is 1180. The molecule has 0 bridgehead atoms. The van der Waals surface area contributed by atoms with E-state index in [9.17, 15) is 28.1 Å². The number of hydrogen-bond donors (Lipinski definition) is 1. The van der Waals surface area contributed by atoms with E-state index in [1.54, 1.807) is 0 Å². The van der Waals surface area contributed by atoms with Gasteiger partial charge in [-0.3, -0.25) is 14.9 Å². The number of nitrogens with one attached hydrogen (secondary N) is 1. The molecular weight excluding hydrogens is 457 g/mol. The number of nitro groups is 1. The van der Waals surface area contributed by atoms with Crippen LogP contribution in [-0.2, 0) is 6.18 Å². The third-order valence-corrected chi connectivity index (χ3v) is 4.60. The summed E-state index contributed by atoms with van der Waals surface area (Å²) in [4.78, 5) is 22.8. The molecule has 0 radical (unpaired) electrons. The highest BCUT2D eigenvalue weighted by atomic mass is 35.5. The number of halogens is 4. The van der Waals surface area contributed by atoms with Gasteiger partial charge in [-0.05, 0) is 12.1 Å². The average molecular weight is 471 g/mol. The van der Waals surface area contributed by atoms with Crippen LogP contribution in [0.1, 0.15) is 16.1 Å². The summed E-state index contributed by atoms with van der Waals surface area (Å²) in [5.74, 6) is -0.853. The molecule has 3 rings (SSSR count). The Morgan fingerprint density at radius 2 is 1.78 bits per heavy atom. The normalized spacial score (nSPS) is 11.2. The molecule has 1 amide bonds. The van der Waals surface area contributed by atoms with Gasteiger partial charge < -0.3 is 14.8 Å².